The van der Waals surface area contributed by atoms with Gasteiger partial charge in [0.1, 0.15) is 5.82 Å². The summed E-state index contributed by atoms with van der Waals surface area (Å²) in [6.07, 6.45) is 5.21. The minimum Gasteiger partial charge on any atom is -0.310 e. The average Bonchev–Trinajstić information content (AvgIpc) is 2.90. The smallest absolute Gasteiger partial charge is 0.129 e. The van der Waals surface area contributed by atoms with Crippen LogP contribution in [0.2, 0.25) is 0 Å². The zero-order valence-corrected chi connectivity index (χ0v) is 10.7. The van der Waals surface area contributed by atoms with Crippen molar-refractivity contribution in [3.05, 3.63) is 35.1 Å². The predicted octanol–water partition coefficient (Wildman–Crippen LogP) is 3.37. The first kappa shape index (κ1) is 13.0. The fourth-order valence-electron chi connectivity index (χ4n) is 2.66. The fourth-order valence-corrected chi connectivity index (χ4v) is 2.66. The number of benzene rings is 1. The summed E-state index contributed by atoms with van der Waals surface area (Å²) < 4.78 is 13.7. The molecule has 0 amide bonds. The lowest BCUT2D eigenvalue weighted by Gasteiger charge is -2.20. The predicted molar refractivity (Wildman–Crippen MR) is 69.4 cm³/mol. The van der Waals surface area contributed by atoms with Gasteiger partial charge in [-0.1, -0.05) is 18.9 Å². The summed E-state index contributed by atoms with van der Waals surface area (Å²) in [5, 5.41) is 12.1. The summed E-state index contributed by atoms with van der Waals surface area (Å²) in [5.74, 6) is 0.437. The molecular weight excluding hydrogens is 227 g/mol. The molecule has 0 heterocycles. The zero-order chi connectivity index (χ0) is 13.0. The van der Waals surface area contributed by atoms with Gasteiger partial charge in [0.05, 0.1) is 11.6 Å². The monoisotopic (exact) mass is 246 g/mol. The van der Waals surface area contributed by atoms with E-state index in [1.165, 1.54) is 31.7 Å². The van der Waals surface area contributed by atoms with E-state index >= 15 is 0 Å². The van der Waals surface area contributed by atoms with E-state index in [2.05, 4.69) is 12.2 Å². The van der Waals surface area contributed by atoms with Crippen LogP contribution in [0.3, 0.4) is 0 Å². The Morgan fingerprint density at radius 1 is 1.44 bits per heavy atom. The van der Waals surface area contributed by atoms with Crippen molar-refractivity contribution in [2.24, 2.45) is 5.92 Å². The van der Waals surface area contributed by atoms with Crippen LogP contribution in [0.15, 0.2) is 18.2 Å². The summed E-state index contributed by atoms with van der Waals surface area (Å²) in [4.78, 5) is 0. The van der Waals surface area contributed by atoms with Crippen LogP contribution in [-0.4, -0.2) is 6.04 Å². The third kappa shape index (κ3) is 3.08. The lowest BCUT2D eigenvalue weighted by molar-refractivity contribution is 0.378. The van der Waals surface area contributed by atoms with E-state index in [0.717, 1.165) is 5.92 Å². The maximum absolute atomic E-state index is 13.7. The maximum atomic E-state index is 13.7. The molecule has 1 atom stereocenters. The SMILES string of the molecule is CC(NCc1ccc(C#N)cc1F)C1CCCC1. The molecule has 18 heavy (non-hydrogen) atoms. The Hall–Kier alpha value is -1.40. The summed E-state index contributed by atoms with van der Waals surface area (Å²) in [6, 6.07) is 7.04. The van der Waals surface area contributed by atoms with Gasteiger partial charge in [-0.05, 0) is 37.8 Å². The van der Waals surface area contributed by atoms with Crippen molar-refractivity contribution in [2.75, 3.05) is 0 Å². The molecular formula is C15H19FN2. The highest BCUT2D eigenvalue weighted by Crippen LogP contribution is 2.27. The van der Waals surface area contributed by atoms with Gasteiger partial charge in [0, 0.05) is 18.2 Å². The van der Waals surface area contributed by atoms with E-state index < -0.39 is 0 Å². The van der Waals surface area contributed by atoms with Gasteiger partial charge in [-0.25, -0.2) is 4.39 Å². The number of hydrogen-bond donors (Lipinski definition) is 1. The van der Waals surface area contributed by atoms with Crippen molar-refractivity contribution in [1.29, 1.82) is 5.26 Å². The van der Waals surface area contributed by atoms with E-state index in [1.54, 1.807) is 12.1 Å². The zero-order valence-electron chi connectivity index (χ0n) is 10.7. The van der Waals surface area contributed by atoms with E-state index in [0.29, 0.717) is 23.7 Å². The van der Waals surface area contributed by atoms with Crippen LogP contribution in [0.5, 0.6) is 0 Å². The number of nitrogens with zero attached hydrogens (tertiary/aromatic N) is 1. The van der Waals surface area contributed by atoms with Crippen molar-refractivity contribution in [1.82, 2.24) is 5.32 Å². The molecule has 0 aromatic heterocycles. The van der Waals surface area contributed by atoms with Crippen molar-refractivity contribution in [3.8, 4) is 6.07 Å². The highest BCUT2D eigenvalue weighted by molar-refractivity contribution is 5.32. The first-order valence-corrected chi connectivity index (χ1v) is 6.62. The van der Waals surface area contributed by atoms with Gasteiger partial charge in [0.25, 0.3) is 0 Å². The summed E-state index contributed by atoms with van der Waals surface area (Å²) in [5.41, 5.74) is 1.01. The molecule has 1 fully saturated rings. The number of rotatable bonds is 4. The molecule has 3 heteroatoms. The van der Waals surface area contributed by atoms with E-state index in [-0.39, 0.29) is 5.82 Å². The molecule has 0 radical (unpaired) electrons. The minimum atomic E-state index is -0.292. The van der Waals surface area contributed by atoms with Gasteiger partial charge < -0.3 is 5.32 Å². The van der Waals surface area contributed by atoms with Crippen LogP contribution in [-0.2, 0) is 6.54 Å². The molecule has 1 N–H and O–H groups in total. The van der Waals surface area contributed by atoms with Crippen LogP contribution < -0.4 is 5.32 Å². The lowest BCUT2D eigenvalue weighted by atomic mass is 9.99. The van der Waals surface area contributed by atoms with E-state index in [4.69, 9.17) is 5.26 Å². The lowest BCUT2D eigenvalue weighted by Crippen LogP contribution is -2.32. The fraction of sp³-hybridized carbons (Fsp3) is 0.533. The molecule has 0 saturated heterocycles. The van der Waals surface area contributed by atoms with Crippen LogP contribution in [0.25, 0.3) is 0 Å². The molecule has 1 aliphatic carbocycles. The Morgan fingerprint density at radius 3 is 2.78 bits per heavy atom. The van der Waals surface area contributed by atoms with Crippen molar-refractivity contribution in [3.63, 3.8) is 0 Å². The topological polar surface area (TPSA) is 35.8 Å². The Balaban J connectivity index is 1.91. The van der Waals surface area contributed by atoms with Gasteiger partial charge in [-0.2, -0.15) is 5.26 Å². The highest BCUT2D eigenvalue weighted by atomic mass is 19.1. The largest absolute Gasteiger partial charge is 0.310 e. The second-order valence-electron chi connectivity index (χ2n) is 5.13. The normalized spacial score (nSPS) is 17.6. The highest BCUT2D eigenvalue weighted by Gasteiger charge is 2.21. The molecule has 2 nitrogen and oxygen atoms in total. The molecule has 2 rings (SSSR count). The quantitative estimate of drug-likeness (QED) is 0.884. The summed E-state index contributed by atoms with van der Waals surface area (Å²) >= 11 is 0. The molecule has 1 saturated carbocycles. The van der Waals surface area contributed by atoms with Gasteiger partial charge in [0.2, 0.25) is 0 Å². The van der Waals surface area contributed by atoms with Crippen LogP contribution in [0.1, 0.15) is 43.7 Å². The summed E-state index contributed by atoms with van der Waals surface area (Å²) in [6.45, 7) is 2.72. The van der Waals surface area contributed by atoms with Gasteiger partial charge in [-0.15, -0.1) is 0 Å². The number of halogens is 1. The molecule has 96 valence electrons. The van der Waals surface area contributed by atoms with Gasteiger partial charge in [0.15, 0.2) is 0 Å². The molecule has 0 bridgehead atoms. The number of nitrogens with one attached hydrogen (secondary N) is 1. The Bertz CT molecular complexity index is 444. The van der Waals surface area contributed by atoms with Gasteiger partial charge in [-0.3, -0.25) is 0 Å². The standard InChI is InChI=1S/C15H19FN2/c1-11(13-4-2-3-5-13)18-10-14-7-6-12(9-17)8-15(14)16/h6-8,11,13,18H,2-5,10H2,1H3. The Labute approximate surface area is 108 Å². The van der Waals surface area contributed by atoms with E-state index in [1.807, 2.05) is 6.07 Å². The van der Waals surface area contributed by atoms with Crippen LogP contribution >= 0.6 is 0 Å². The molecule has 1 unspecified atom stereocenters. The first-order chi connectivity index (χ1) is 8.70. The summed E-state index contributed by atoms with van der Waals surface area (Å²) in [7, 11) is 0. The van der Waals surface area contributed by atoms with Gasteiger partial charge >= 0.3 is 0 Å². The van der Waals surface area contributed by atoms with Crippen LogP contribution in [0.4, 0.5) is 4.39 Å². The second-order valence-corrected chi connectivity index (χ2v) is 5.13. The molecule has 1 aromatic carbocycles. The van der Waals surface area contributed by atoms with Crippen molar-refractivity contribution in [2.45, 2.75) is 45.2 Å². The number of nitriles is 1. The number of hydrogen-bond acceptors (Lipinski definition) is 2. The molecule has 0 spiro atoms. The Morgan fingerprint density at radius 2 is 2.17 bits per heavy atom. The third-order valence-electron chi connectivity index (χ3n) is 3.90. The first-order valence-electron chi connectivity index (χ1n) is 6.62. The minimum absolute atomic E-state index is 0.292. The molecule has 0 aliphatic heterocycles. The van der Waals surface area contributed by atoms with Crippen molar-refractivity contribution >= 4 is 0 Å². The van der Waals surface area contributed by atoms with Crippen LogP contribution in [0, 0.1) is 23.1 Å². The average molecular weight is 246 g/mol. The Kier molecular flexibility index (Phi) is 4.33. The molecule has 1 aliphatic rings. The molecule has 1 aromatic rings. The second kappa shape index (κ2) is 5.97. The van der Waals surface area contributed by atoms with E-state index in [9.17, 15) is 4.39 Å². The maximum Gasteiger partial charge on any atom is 0.129 e. The van der Waals surface area contributed by atoms with Crippen molar-refractivity contribution < 1.29 is 4.39 Å². The third-order valence-corrected chi connectivity index (χ3v) is 3.90.